The number of benzene rings is 1. The van der Waals surface area contributed by atoms with Crippen molar-refractivity contribution in [2.24, 2.45) is 0 Å². The molecule has 0 spiro atoms. The molecule has 0 fully saturated rings. The Hall–Kier alpha value is -1.41. The zero-order chi connectivity index (χ0) is 16.5. The second-order valence-corrected chi connectivity index (χ2v) is 7.36. The first-order valence-corrected chi connectivity index (χ1v) is 8.70. The van der Waals surface area contributed by atoms with Crippen LogP contribution in [0.5, 0.6) is 0 Å². The van der Waals surface area contributed by atoms with Gasteiger partial charge in [-0.25, -0.2) is 18.4 Å². The van der Waals surface area contributed by atoms with Gasteiger partial charge in [0.2, 0.25) is 15.0 Å². The molecule has 1 aromatic carbocycles. The molecule has 1 amide bonds. The maximum atomic E-state index is 12.2. The van der Waals surface area contributed by atoms with Crippen LogP contribution in [0, 0.1) is 0 Å². The van der Waals surface area contributed by atoms with E-state index in [0.717, 1.165) is 12.5 Å². The molecule has 0 aliphatic rings. The molecule has 2 rings (SSSR count). The normalized spacial score (nSPS) is 11.3. The fourth-order valence-electron chi connectivity index (χ4n) is 1.46. The summed E-state index contributed by atoms with van der Waals surface area (Å²) in [5.74, 6) is -0.735. The van der Waals surface area contributed by atoms with E-state index in [4.69, 9.17) is 34.8 Å². The average Bonchev–Trinajstić information content (AvgIpc) is 2.42. The monoisotopic (exact) mass is 379 g/mol. The van der Waals surface area contributed by atoms with Crippen molar-refractivity contribution in [2.45, 2.75) is 5.16 Å². The van der Waals surface area contributed by atoms with E-state index in [1.165, 1.54) is 12.1 Å². The molecule has 22 heavy (non-hydrogen) atoms. The van der Waals surface area contributed by atoms with Gasteiger partial charge >= 0.3 is 0 Å². The molecular formula is C12H8Cl3N3O3S. The van der Waals surface area contributed by atoms with Crippen LogP contribution in [-0.2, 0) is 9.84 Å². The second-order valence-electron chi connectivity index (χ2n) is 4.20. The van der Waals surface area contributed by atoms with Crippen molar-refractivity contribution in [3.8, 4) is 0 Å². The quantitative estimate of drug-likeness (QED) is 0.827. The van der Waals surface area contributed by atoms with Crippen LogP contribution in [0.15, 0.2) is 29.6 Å². The van der Waals surface area contributed by atoms with Gasteiger partial charge in [-0.05, 0) is 18.2 Å². The second kappa shape index (κ2) is 6.37. The number of carbonyl (C=O) groups is 1. The lowest BCUT2D eigenvalue weighted by Gasteiger charge is -2.08. The molecule has 0 saturated heterocycles. The van der Waals surface area contributed by atoms with Crippen molar-refractivity contribution in [1.29, 1.82) is 0 Å². The highest BCUT2D eigenvalue weighted by atomic mass is 35.5. The highest BCUT2D eigenvalue weighted by Crippen LogP contribution is 2.26. The van der Waals surface area contributed by atoms with Crippen LogP contribution in [-0.4, -0.2) is 30.5 Å². The van der Waals surface area contributed by atoms with Gasteiger partial charge in [-0.3, -0.25) is 4.79 Å². The largest absolute Gasteiger partial charge is 0.319 e. The Labute approximate surface area is 141 Å². The third-order valence-corrected chi connectivity index (χ3v) is 4.15. The summed E-state index contributed by atoms with van der Waals surface area (Å²) >= 11 is 17.6. The molecular weight excluding hydrogens is 373 g/mol. The average molecular weight is 381 g/mol. The number of carbonyl (C=O) groups excluding carboxylic acids is 1. The number of amides is 1. The lowest BCUT2D eigenvalue weighted by atomic mass is 10.3. The first-order chi connectivity index (χ1) is 10.2. The summed E-state index contributed by atoms with van der Waals surface area (Å²) < 4.78 is 22.9. The topological polar surface area (TPSA) is 89.0 Å². The molecule has 0 bridgehead atoms. The minimum atomic E-state index is -3.67. The minimum absolute atomic E-state index is 0.0944. The Balaban J connectivity index is 2.39. The number of hydrogen-bond acceptors (Lipinski definition) is 5. The summed E-state index contributed by atoms with van der Waals surface area (Å²) in [5.41, 5.74) is -0.0390. The van der Waals surface area contributed by atoms with E-state index in [-0.39, 0.29) is 21.4 Å². The van der Waals surface area contributed by atoms with Gasteiger partial charge in [0.05, 0.1) is 21.9 Å². The lowest BCUT2D eigenvalue weighted by molar-refractivity contribution is 0.102. The van der Waals surface area contributed by atoms with E-state index in [1.807, 2.05) is 0 Å². The molecule has 116 valence electrons. The highest BCUT2D eigenvalue weighted by molar-refractivity contribution is 7.90. The molecule has 1 N–H and O–H groups in total. The maximum absolute atomic E-state index is 12.2. The van der Waals surface area contributed by atoms with Gasteiger partial charge < -0.3 is 5.32 Å². The number of aromatic nitrogens is 2. The SMILES string of the molecule is CS(=O)(=O)c1ncc(Cl)c(C(=O)Nc2cc(Cl)ccc2Cl)n1. The van der Waals surface area contributed by atoms with Gasteiger partial charge in [-0.2, -0.15) is 0 Å². The van der Waals surface area contributed by atoms with E-state index < -0.39 is 20.9 Å². The maximum Gasteiger partial charge on any atom is 0.276 e. The Morgan fingerprint density at radius 1 is 1.18 bits per heavy atom. The Morgan fingerprint density at radius 2 is 1.86 bits per heavy atom. The minimum Gasteiger partial charge on any atom is -0.319 e. The number of anilines is 1. The molecule has 10 heteroatoms. The van der Waals surface area contributed by atoms with Crippen molar-refractivity contribution >= 4 is 56.2 Å². The molecule has 1 aromatic heterocycles. The smallest absolute Gasteiger partial charge is 0.276 e. The van der Waals surface area contributed by atoms with Gasteiger partial charge in [0, 0.05) is 11.3 Å². The van der Waals surface area contributed by atoms with Crippen molar-refractivity contribution < 1.29 is 13.2 Å². The fraction of sp³-hybridized carbons (Fsp3) is 0.0833. The zero-order valence-corrected chi connectivity index (χ0v) is 14.1. The molecule has 0 atom stereocenters. The summed E-state index contributed by atoms with van der Waals surface area (Å²) in [4.78, 5) is 19.4. The molecule has 1 heterocycles. The van der Waals surface area contributed by atoms with Crippen molar-refractivity contribution in [1.82, 2.24) is 9.97 Å². The zero-order valence-electron chi connectivity index (χ0n) is 11.0. The summed E-state index contributed by atoms with van der Waals surface area (Å²) in [5, 5.41) is 2.49. The Kier molecular flexibility index (Phi) is 4.91. The first kappa shape index (κ1) is 17.0. The highest BCUT2D eigenvalue weighted by Gasteiger charge is 2.19. The summed E-state index contributed by atoms with van der Waals surface area (Å²) in [6, 6.07) is 4.50. The van der Waals surface area contributed by atoms with E-state index in [1.54, 1.807) is 6.07 Å². The van der Waals surface area contributed by atoms with Crippen molar-refractivity contribution in [2.75, 3.05) is 11.6 Å². The number of sulfone groups is 1. The summed E-state index contributed by atoms with van der Waals surface area (Å²) in [6.45, 7) is 0. The van der Waals surface area contributed by atoms with Crippen molar-refractivity contribution in [3.63, 3.8) is 0 Å². The lowest BCUT2D eigenvalue weighted by Crippen LogP contribution is -2.17. The molecule has 6 nitrogen and oxygen atoms in total. The number of nitrogens with zero attached hydrogens (tertiary/aromatic N) is 2. The van der Waals surface area contributed by atoms with Crippen LogP contribution >= 0.6 is 34.8 Å². The van der Waals surface area contributed by atoms with E-state index >= 15 is 0 Å². The predicted octanol–water partition coefficient (Wildman–Crippen LogP) is 3.09. The summed E-state index contributed by atoms with van der Waals surface area (Å²) in [6.07, 6.45) is 1.96. The number of rotatable bonds is 3. The number of halogens is 3. The third kappa shape index (κ3) is 3.86. The first-order valence-electron chi connectivity index (χ1n) is 5.67. The van der Waals surface area contributed by atoms with E-state index in [9.17, 15) is 13.2 Å². The van der Waals surface area contributed by atoms with Gasteiger partial charge in [0.25, 0.3) is 5.91 Å². The van der Waals surface area contributed by atoms with Gasteiger partial charge in [-0.15, -0.1) is 0 Å². The molecule has 0 radical (unpaired) electrons. The van der Waals surface area contributed by atoms with E-state index in [0.29, 0.717) is 5.02 Å². The van der Waals surface area contributed by atoms with Crippen LogP contribution in [0.3, 0.4) is 0 Å². The predicted molar refractivity (Wildman–Crippen MR) is 84.6 cm³/mol. The Morgan fingerprint density at radius 3 is 2.50 bits per heavy atom. The van der Waals surface area contributed by atoms with Gasteiger partial charge in [0.1, 0.15) is 0 Å². The fourth-order valence-corrected chi connectivity index (χ4v) is 2.48. The molecule has 0 aliphatic carbocycles. The standard InChI is InChI=1S/C12H8Cl3N3O3S/c1-22(20,21)12-16-5-8(15)10(18-12)11(19)17-9-4-6(13)2-3-7(9)14/h2-5H,1H3,(H,17,19). The Bertz CT molecular complexity index is 856. The molecule has 2 aromatic rings. The molecule has 0 unspecified atom stereocenters. The number of hydrogen-bond donors (Lipinski definition) is 1. The van der Waals surface area contributed by atoms with Crippen LogP contribution in [0.2, 0.25) is 15.1 Å². The van der Waals surface area contributed by atoms with Crippen LogP contribution in [0.1, 0.15) is 10.5 Å². The van der Waals surface area contributed by atoms with Crippen LogP contribution in [0.25, 0.3) is 0 Å². The van der Waals surface area contributed by atoms with Crippen LogP contribution < -0.4 is 5.32 Å². The van der Waals surface area contributed by atoms with Gasteiger partial charge in [0.15, 0.2) is 5.69 Å². The van der Waals surface area contributed by atoms with Crippen molar-refractivity contribution in [3.05, 3.63) is 45.2 Å². The third-order valence-electron chi connectivity index (χ3n) is 2.45. The summed E-state index contributed by atoms with van der Waals surface area (Å²) in [7, 11) is -3.67. The molecule has 0 saturated carbocycles. The number of nitrogens with one attached hydrogen (secondary N) is 1. The van der Waals surface area contributed by atoms with Gasteiger partial charge in [-0.1, -0.05) is 34.8 Å². The molecule has 0 aliphatic heterocycles. The van der Waals surface area contributed by atoms with E-state index in [2.05, 4.69) is 15.3 Å². The van der Waals surface area contributed by atoms with Crippen LogP contribution in [0.4, 0.5) is 5.69 Å².